The number of halogens is 1. The van der Waals surface area contributed by atoms with Gasteiger partial charge in [0.1, 0.15) is 11.4 Å². The molecule has 7 heteroatoms. The summed E-state index contributed by atoms with van der Waals surface area (Å²) in [6, 6.07) is 5.23. The maximum atomic E-state index is 10.9. The van der Waals surface area contributed by atoms with Crippen molar-refractivity contribution in [1.82, 2.24) is 4.90 Å². The van der Waals surface area contributed by atoms with Gasteiger partial charge >= 0.3 is 6.09 Å². The molecule has 0 aromatic heterocycles. The van der Waals surface area contributed by atoms with Crippen LogP contribution in [-0.4, -0.2) is 42.6 Å². The fourth-order valence-corrected chi connectivity index (χ4v) is 3.64. The van der Waals surface area contributed by atoms with Gasteiger partial charge in [0.25, 0.3) is 0 Å². The summed E-state index contributed by atoms with van der Waals surface area (Å²) in [5.74, 6) is 0.684. The SMILES string of the molecule is CC(C)(C)[Si](C)(C)Oc1ccc(C2(O)CN(C(=O)O)C2)c(Cl)c1. The topological polar surface area (TPSA) is 70.0 Å². The van der Waals surface area contributed by atoms with E-state index in [4.69, 9.17) is 21.1 Å². The average molecular weight is 358 g/mol. The second-order valence-corrected chi connectivity index (χ2v) is 12.8. The summed E-state index contributed by atoms with van der Waals surface area (Å²) in [6.45, 7) is 10.8. The largest absolute Gasteiger partial charge is 0.543 e. The van der Waals surface area contributed by atoms with Crippen molar-refractivity contribution in [2.24, 2.45) is 0 Å². The molecule has 0 bridgehead atoms. The van der Waals surface area contributed by atoms with Gasteiger partial charge in [-0.15, -0.1) is 0 Å². The lowest BCUT2D eigenvalue weighted by Crippen LogP contribution is -2.61. The summed E-state index contributed by atoms with van der Waals surface area (Å²) in [6.07, 6.45) is -1.04. The molecule has 1 saturated heterocycles. The Balaban J connectivity index is 2.18. The number of rotatable bonds is 3. The highest BCUT2D eigenvalue weighted by molar-refractivity contribution is 6.74. The molecule has 0 radical (unpaired) electrons. The lowest BCUT2D eigenvalue weighted by Gasteiger charge is -2.45. The van der Waals surface area contributed by atoms with Gasteiger partial charge in [0.2, 0.25) is 8.32 Å². The number of carboxylic acid groups (broad SMARTS) is 1. The van der Waals surface area contributed by atoms with Gasteiger partial charge in [0, 0.05) is 5.56 Å². The fraction of sp³-hybridized carbons (Fsp3) is 0.562. The van der Waals surface area contributed by atoms with Gasteiger partial charge in [0.05, 0.1) is 18.1 Å². The minimum Gasteiger partial charge on any atom is -0.543 e. The maximum absolute atomic E-state index is 10.9. The fourth-order valence-electron chi connectivity index (χ4n) is 2.28. The molecule has 1 amide bonds. The van der Waals surface area contributed by atoms with Crippen LogP contribution in [0.4, 0.5) is 4.79 Å². The van der Waals surface area contributed by atoms with E-state index in [-0.39, 0.29) is 18.1 Å². The second-order valence-electron chi connectivity index (χ2n) is 7.67. The van der Waals surface area contributed by atoms with E-state index in [1.54, 1.807) is 18.2 Å². The van der Waals surface area contributed by atoms with Crippen LogP contribution in [0.1, 0.15) is 26.3 Å². The standard InChI is InChI=1S/C16H24ClNO4Si/c1-15(2,3)23(4,5)22-11-6-7-12(13(17)8-11)16(21)9-18(10-16)14(19)20/h6-8,21H,9-10H2,1-5H3,(H,19,20). The molecule has 0 unspecified atom stereocenters. The van der Waals surface area contributed by atoms with E-state index in [9.17, 15) is 9.90 Å². The Kier molecular flexibility index (Phi) is 4.47. The van der Waals surface area contributed by atoms with Gasteiger partial charge in [0.15, 0.2) is 0 Å². The minimum absolute atomic E-state index is 0.0322. The molecule has 0 saturated carbocycles. The Morgan fingerprint density at radius 2 is 1.91 bits per heavy atom. The summed E-state index contributed by atoms with van der Waals surface area (Å²) in [5.41, 5.74) is -0.676. The Bertz CT molecular complexity index is 621. The normalized spacial score (nSPS) is 17.6. The third-order valence-corrected chi connectivity index (χ3v) is 9.47. The van der Waals surface area contributed by atoms with Crippen molar-refractivity contribution >= 4 is 26.0 Å². The number of nitrogens with zero attached hydrogens (tertiary/aromatic N) is 1. The maximum Gasteiger partial charge on any atom is 0.407 e. The van der Waals surface area contributed by atoms with Crippen LogP contribution < -0.4 is 4.43 Å². The molecule has 1 aromatic carbocycles. The third kappa shape index (κ3) is 3.49. The first-order chi connectivity index (χ1) is 10.4. The van der Waals surface area contributed by atoms with Crippen molar-refractivity contribution in [3.8, 4) is 5.75 Å². The first kappa shape index (κ1) is 18.1. The molecule has 23 heavy (non-hydrogen) atoms. The molecule has 128 valence electrons. The monoisotopic (exact) mass is 357 g/mol. The molecule has 5 nitrogen and oxygen atoms in total. The first-order valence-corrected chi connectivity index (χ1v) is 10.8. The van der Waals surface area contributed by atoms with E-state index < -0.39 is 20.0 Å². The third-order valence-electron chi connectivity index (χ3n) is 4.80. The van der Waals surface area contributed by atoms with Crippen molar-refractivity contribution in [1.29, 1.82) is 0 Å². The number of likely N-dealkylation sites (tertiary alicyclic amines) is 1. The molecule has 0 atom stereocenters. The highest BCUT2D eigenvalue weighted by Gasteiger charge is 2.46. The van der Waals surface area contributed by atoms with Gasteiger partial charge in [-0.25, -0.2) is 4.79 Å². The smallest absolute Gasteiger partial charge is 0.407 e. The average Bonchev–Trinajstić information content (AvgIpc) is 2.33. The van der Waals surface area contributed by atoms with E-state index in [1.165, 1.54) is 0 Å². The number of β-amino-alcohol motifs (C(OH)–C–C–N with tert-alkyl or cyclic N) is 1. The number of amides is 1. The summed E-state index contributed by atoms with van der Waals surface area (Å²) >= 11 is 6.31. The molecule has 2 N–H and O–H groups in total. The minimum atomic E-state index is -1.96. The Labute approximate surface area is 143 Å². The zero-order chi connectivity index (χ0) is 17.6. The zero-order valence-corrected chi connectivity index (χ0v) is 15.9. The Morgan fingerprint density at radius 1 is 1.35 bits per heavy atom. The molecular weight excluding hydrogens is 334 g/mol. The van der Waals surface area contributed by atoms with Crippen LogP contribution >= 0.6 is 11.6 Å². The number of carbonyl (C=O) groups is 1. The molecule has 1 heterocycles. The highest BCUT2D eigenvalue weighted by atomic mass is 35.5. The summed E-state index contributed by atoms with van der Waals surface area (Å²) in [4.78, 5) is 12.0. The highest BCUT2D eigenvalue weighted by Crippen LogP contribution is 2.40. The molecule has 1 aromatic rings. The second kappa shape index (κ2) is 5.68. The lowest BCUT2D eigenvalue weighted by molar-refractivity contribution is -0.0897. The van der Waals surface area contributed by atoms with Gasteiger partial charge in [-0.3, -0.25) is 0 Å². The summed E-state index contributed by atoms with van der Waals surface area (Å²) < 4.78 is 6.19. The van der Waals surface area contributed by atoms with Crippen molar-refractivity contribution in [3.05, 3.63) is 28.8 Å². The Morgan fingerprint density at radius 3 is 2.35 bits per heavy atom. The van der Waals surface area contributed by atoms with Crippen molar-refractivity contribution in [2.75, 3.05) is 13.1 Å². The number of aliphatic hydroxyl groups is 1. The van der Waals surface area contributed by atoms with Gasteiger partial charge in [-0.2, -0.15) is 0 Å². The van der Waals surface area contributed by atoms with Crippen molar-refractivity contribution in [2.45, 2.75) is 44.5 Å². The number of hydrogen-bond acceptors (Lipinski definition) is 3. The van der Waals surface area contributed by atoms with E-state index in [2.05, 4.69) is 33.9 Å². The Hall–Kier alpha value is -1.24. The predicted molar refractivity (Wildman–Crippen MR) is 92.8 cm³/mol. The summed E-state index contributed by atoms with van der Waals surface area (Å²) in [5, 5.41) is 19.9. The van der Waals surface area contributed by atoms with Crippen LogP contribution in [0, 0.1) is 0 Å². The van der Waals surface area contributed by atoms with E-state index in [0.717, 1.165) is 4.90 Å². The van der Waals surface area contributed by atoms with Crippen molar-refractivity contribution < 1.29 is 19.4 Å². The molecule has 0 aliphatic carbocycles. The molecular formula is C16H24ClNO4Si. The van der Waals surface area contributed by atoms with Crippen LogP contribution in [0.2, 0.25) is 23.2 Å². The van der Waals surface area contributed by atoms with Crippen LogP contribution in [0.25, 0.3) is 0 Å². The summed E-state index contributed by atoms with van der Waals surface area (Å²) in [7, 11) is -1.96. The number of benzene rings is 1. The first-order valence-electron chi connectivity index (χ1n) is 7.55. The van der Waals surface area contributed by atoms with Crippen molar-refractivity contribution in [3.63, 3.8) is 0 Å². The van der Waals surface area contributed by atoms with Crippen LogP contribution in [0.3, 0.4) is 0 Å². The molecule has 1 fully saturated rings. The van der Waals surface area contributed by atoms with Gasteiger partial charge in [-0.1, -0.05) is 38.4 Å². The van der Waals surface area contributed by atoms with Gasteiger partial charge < -0.3 is 19.5 Å². The van der Waals surface area contributed by atoms with Crippen LogP contribution in [0.15, 0.2) is 18.2 Å². The van der Waals surface area contributed by atoms with E-state index in [1.807, 2.05) is 0 Å². The lowest BCUT2D eigenvalue weighted by atomic mass is 9.86. The predicted octanol–water partition coefficient (Wildman–Crippen LogP) is 3.91. The quantitative estimate of drug-likeness (QED) is 0.805. The van der Waals surface area contributed by atoms with Crippen LogP contribution in [-0.2, 0) is 5.60 Å². The molecule has 1 aliphatic rings. The molecule has 1 aliphatic heterocycles. The number of hydrogen-bond donors (Lipinski definition) is 2. The van der Waals surface area contributed by atoms with E-state index >= 15 is 0 Å². The zero-order valence-electron chi connectivity index (χ0n) is 14.2. The molecule has 0 spiro atoms. The van der Waals surface area contributed by atoms with E-state index in [0.29, 0.717) is 16.3 Å². The van der Waals surface area contributed by atoms with Crippen LogP contribution in [0.5, 0.6) is 5.75 Å². The molecule has 2 rings (SSSR count). The van der Waals surface area contributed by atoms with Gasteiger partial charge in [-0.05, 0) is 30.3 Å².